The molecule has 1 heterocycles. The van der Waals surface area contributed by atoms with Gasteiger partial charge in [-0.05, 0) is 30.2 Å². The number of nitrogens with zero attached hydrogens (tertiary/aromatic N) is 3. The van der Waals surface area contributed by atoms with E-state index in [4.69, 9.17) is 5.11 Å². The largest absolute Gasteiger partial charge is 0.481 e. The van der Waals surface area contributed by atoms with Crippen molar-refractivity contribution in [1.29, 1.82) is 0 Å². The third-order valence-electron chi connectivity index (χ3n) is 4.82. The molecule has 12 heteroatoms. The molecule has 0 spiro atoms. The SMILES string of the molecule is CC(C)c1nc(N(C)S(C)(=O)=O)nc(-c2ccc(F)cc2)c1/C=C/[C@H](O)C[C@@H](O)CC(=O)O.[Ca]. The Morgan fingerprint density at radius 2 is 1.76 bits per heavy atom. The number of sulfonamides is 1. The molecular formula is C22H28CaFN3O6S. The number of hydrogen-bond acceptors (Lipinski definition) is 7. The molecule has 2 atom stereocenters. The Morgan fingerprint density at radius 1 is 1.18 bits per heavy atom. The van der Waals surface area contributed by atoms with Gasteiger partial charge in [0.2, 0.25) is 16.0 Å². The average molecular weight is 522 g/mol. The van der Waals surface area contributed by atoms with Crippen LogP contribution in [0.25, 0.3) is 17.3 Å². The molecule has 0 saturated heterocycles. The number of aliphatic hydroxyl groups is 2. The van der Waals surface area contributed by atoms with E-state index in [1.807, 2.05) is 13.8 Å². The third-order valence-corrected chi connectivity index (χ3v) is 5.97. The number of anilines is 1. The normalized spacial score (nSPS) is 13.5. The van der Waals surface area contributed by atoms with Crippen LogP contribution in [0.15, 0.2) is 30.3 Å². The van der Waals surface area contributed by atoms with Crippen molar-refractivity contribution < 1.29 is 32.9 Å². The molecule has 0 aliphatic carbocycles. The summed E-state index contributed by atoms with van der Waals surface area (Å²) < 4.78 is 38.6. The quantitative estimate of drug-likeness (QED) is 0.403. The topological polar surface area (TPSA) is 141 Å². The number of benzene rings is 1. The fourth-order valence-corrected chi connectivity index (χ4v) is 3.42. The van der Waals surface area contributed by atoms with Gasteiger partial charge in [-0.15, -0.1) is 0 Å². The minimum absolute atomic E-state index is 0. The number of aliphatic carboxylic acids is 1. The van der Waals surface area contributed by atoms with E-state index in [0.717, 1.165) is 10.6 Å². The van der Waals surface area contributed by atoms with Crippen molar-refractivity contribution in [2.75, 3.05) is 17.6 Å². The van der Waals surface area contributed by atoms with E-state index in [9.17, 15) is 27.8 Å². The van der Waals surface area contributed by atoms with Crippen molar-refractivity contribution in [3.8, 4) is 11.3 Å². The Morgan fingerprint density at radius 3 is 2.26 bits per heavy atom. The number of aromatic nitrogens is 2. The van der Waals surface area contributed by atoms with Gasteiger partial charge < -0.3 is 15.3 Å². The van der Waals surface area contributed by atoms with Crippen LogP contribution in [0.4, 0.5) is 10.3 Å². The maximum atomic E-state index is 13.5. The van der Waals surface area contributed by atoms with Crippen LogP contribution < -0.4 is 4.31 Å². The summed E-state index contributed by atoms with van der Waals surface area (Å²) >= 11 is 0. The van der Waals surface area contributed by atoms with Gasteiger partial charge in [-0.25, -0.2) is 27.1 Å². The van der Waals surface area contributed by atoms with Gasteiger partial charge in [0.15, 0.2) is 0 Å². The Hall–Kier alpha value is -1.63. The van der Waals surface area contributed by atoms with Crippen molar-refractivity contribution in [3.05, 3.63) is 47.4 Å². The number of carboxylic acid groups (broad SMARTS) is 1. The van der Waals surface area contributed by atoms with Gasteiger partial charge >= 0.3 is 5.97 Å². The number of aliphatic hydroxyl groups excluding tert-OH is 2. The molecule has 1 aromatic carbocycles. The van der Waals surface area contributed by atoms with E-state index >= 15 is 0 Å². The van der Waals surface area contributed by atoms with Crippen LogP contribution in [-0.4, -0.2) is 103 Å². The standard InChI is InChI=1S/C22H28FN3O6S.Ca/c1-13(2)20-18(10-9-16(27)11-17(28)12-19(29)30)21(14-5-7-15(23)8-6-14)25-22(24-20)26(3)33(4,31)32;/h5-10,13,16-17,27-28H,11-12H2,1-4H3,(H,29,30);/b10-9+;/t16-,17+;/m0./s1. The summed E-state index contributed by atoms with van der Waals surface area (Å²) in [5.41, 5.74) is 1.80. The number of hydrogen-bond donors (Lipinski definition) is 3. The van der Waals surface area contributed by atoms with Gasteiger partial charge in [-0.2, -0.15) is 0 Å². The monoisotopic (exact) mass is 521 g/mol. The van der Waals surface area contributed by atoms with Crippen molar-refractivity contribution in [2.45, 2.75) is 44.8 Å². The summed E-state index contributed by atoms with van der Waals surface area (Å²) in [4.78, 5) is 19.6. The Balaban J connectivity index is 0.00000578. The van der Waals surface area contributed by atoms with E-state index in [0.29, 0.717) is 22.5 Å². The molecule has 0 fully saturated rings. The third kappa shape index (κ3) is 8.54. The second-order valence-electron chi connectivity index (χ2n) is 7.98. The van der Waals surface area contributed by atoms with Gasteiger partial charge in [0.1, 0.15) is 5.82 Å². The van der Waals surface area contributed by atoms with Crippen LogP contribution >= 0.6 is 0 Å². The fraction of sp³-hybridized carbons (Fsp3) is 0.409. The first kappa shape index (κ1) is 30.4. The molecule has 2 aromatic rings. The molecule has 0 saturated carbocycles. The van der Waals surface area contributed by atoms with Crippen LogP contribution in [-0.2, 0) is 14.8 Å². The van der Waals surface area contributed by atoms with E-state index < -0.39 is 40.4 Å². The van der Waals surface area contributed by atoms with E-state index in [2.05, 4.69) is 9.97 Å². The van der Waals surface area contributed by atoms with Crippen molar-refractivity contribution in [3.63, 3.8) is 0 Å². The number of rotatable bonds is 10. The molecule has 0 aliphatic heterocycles. The Bertz CT molecular complexity index is 1130. The molecule has 9 nitrogen and oxygen atoms in total. The first-order valence-corrected chi connectivity index (χ1v) is 12.0. The van der Waals surface area contributed by atoms with Crippen LogP contribution in [0.5, 0.6) is 0 Å². The molecule has 2 radical (unpaired) electrons. The number of halogens is 1. The summed E-state index contributed by atoms with van der Waals surface area (Å²) in [5.74, 6) is -1.87. The van der Waals surface area contributed by atoms with E-state index in [-0.39, 0.29) is 56.0 Å². The maximum Gasteiger partial charge on any atom is 0.305 e. The van der Waals surface area contributed by atoms with Crippen LogP contribution in [0.3, 0.4) is 0 Å². The molecule has 182 valence electrons. The zero-order chi connectivity index (χ0) is 24.9. The molecule has 0 bridgehead atoms. The van der Waals surface area contributed by atoms with Gasteiger partial charge in [0.25, 0.3) is 0 Å². The fourth-order valence-electron chi connectivity index (χ4n) is 3.05. The second-order valence-corrected chi connectivity index (χ2v) is 9.99. The van der Waals surface area contributed by atoms with Crippen LogP contribution in [0.1, 0.15) is 43.9 Å². The van der Waals surface area contributed by atoms with Crippen molar-refractivity contribution in [1.82, 2.24) is 9.97 Å². The predicted molar refractivity (Wildman–Crippen MR) is 128 cm³/mol. The van der Waals surface area contributed by atoms with Crippen molar-refractivity contribution in [2.24, 2.45) is 0 Å². The first-order valence-electron chi connectivity index (χ1n) is 10.2. The van der Waals surface area contributed by atoms with Gasteiger partial charge in [0, 0.05) is 62.3 Å². The summed E-state index contributed by atoms with van der Waals surface area (Å²) in [6, 6.07) is 5.49. The Labute approximate surface area is 228 Å². The average Bonchev–Trinajstić information content (AvgIpc) is 2.70. The first-order chi connectivity index (χ1) is 15.3. The Kier molecular flexibility index (Phi) is 11.5. The predicted octanol–water partition coefficient (Wildman–Crippen LogP) is 2.02. The molecule has 0 amide bonds. The zero-order valence-corrected chi connectivity index (χ0v) is 22.5. The molecule has 34 heavy (non-hydrogen) atoms. The zero-order valence-electron chi connectivity index (χ0n) is 19.5. The summed E-state index contributed by atoms with van der Waals surface area (Å²) in [6.07, 6.45) is 0.860. The number of carbonyl (C=O) groups is 1. The van der Waals surface area contributed by atoms with Crippen LogP contribution in [0, 0.1) is 5.82 Å². The smallest absolute Gasteiger partial charge is 0.305 e. The molecule has 3 N–H and O–H groups in total. The van der Waals surface area contributed by atoms with E-state index in [1.165, 1.54) is 43.5 Å². The van der Waals surface area contributed by atoms with Crippen LogP contribution in [0.2, 0.25) is 0 Å². The molecule has 1 aromatic heterocycles. The summed E-state index contributed by atoms with van der Waals surface area (Å²) in [5, 5.41) is 28.8. The van der Waals surface area contributed by atoms with E-state index in [1.54, 1.807) is 0 Å². The molecule has 0 aliphatic rings. The maximum absolute atomic E-state index is 13.5. The van der Waals surface area contributed by atoms with Crippen molar-refractivity contribution >= 4 is 65.8 Å². The minimum Gasteiger partial charge on any atom is -0.481 e. The minimum atomic E-state index is -3.65. The summed E-state index contributed by atoms with van der Waals surface area (Å²) in [7, 11) is -2.33. The second kappa shape index (κ2) is 12.9. The molecule has 2 rings (SSSR count). The molecular weight excluding hydrogens is 493 g/mol. The molecule has 0 unspecified atom stereocenters. The van der Waals surface area contributed by atoms with Gasteiger partial charge in [-0.1, -0.05) is 26.0 Å². The van der Waals surface area contributed by atoms with Gasteiger partial charge in [-0.3, -0.25) is 4.79 Å². The summed E-state index contributed by atoms with van der Waals surface area (Å²) in [6.45, 7) is 3.71. The number of carboxylic acids is 1. The van der Waals surface area contributed by atoms with Gasteiger partial charge in [0.05, 0.1) is 36.3 Å².